The number of hydrogen-bond donors (Lipinski definition) is 2. The molecule has 35 heavy (non-hydrogen) atoms. The minimum absolute atomic E-state index is 0.0400. The molecule has 2 aliphatic rings. The van der Waals surface area contributed by atoms with Crippen LogP contribution in [0.1, 0.15) is 39.5 Å². The molecule has 8 nitrogen and oxygen atoms in total. The van der Waals surface area contributed by atoms with Crippen LogP contribution in [0.15, 0.2) is 47.5 Å². The van der Waals surface area contributed by atoms with Gasteiger partial charge in [0.05, 0.1) is 7.11 Å². The fourth-order valence-electron chi connectivity index (χ4n) is 4.55. The molecule has 0 aromatic carbocycles. The quantitative estimate of drug-likeness (QED) is 0.509. The molecule has 1 amide bonds. The molecule has 0 radical (unpaired) electrons. The van der Waals surface area contributed by atoms with Crippen molar-refractivity contribution in [2.24, 2.45) is 5.92 Å². The number of aromatic nitrogens is 2. The van der Waals surface area contributed by atoms with E-state index in [4.69, 9.17) is 4.74 Å². The maximum atomic E-state index is 13.0. The topological polar surface area (TPSA) is 90.6 Å². The number of amides is 1. The zero-order valence-electron chi connectivity index (χ0n) is 21.0. The average molecular weight is 480 g/mol. The molecule has 2 aromatic rings. The van der Waals surface area contributed by atoms with Crippen LogP contribution < -0.4 is 20.5 Å². The summed E-state index contributed by atoms with van der Waals surface area (Å²) in [6.45, 7) is 7.06. The monoisotopic (exact) mass is 479 g/mol. The van der Waals surface area contributed by atoms with E-state index in [2.05, 4.69) is 34.0 Å². The first-order valence-electron chi connectivity index (χ1n) is 12.6. The molecule has 0 bridgehead atoms. The van der Waals surface area contributed by atoms with Crippen molar-refractivity contribution in [3.05, 3.63) is 53.1 Å². The third-order valence-corrected chi connectivity index (χ3v) is 6.68. The van der Waals surface area contributed by atoms with Crippen LogP contribution in [0, 0.1) is 5.92 Å². The molecule has 1 saturated carbocycles. The van der Waals surface area contributed by atoms with Crippen molar-refractivity contribution in [2.75, 3.05) is 38.2 Å². The zero-order valence-corrected chi connectivity index (χ0v) is 21.0. The van der Waals surface area contributed by atoms with Gasteiger partial charge in [-0.1, -0.05) is 19.9 Å². The molecule has 0 unspecified atom stereocenters. The molecule has 2 N–H and O–H groups in total. The van der Waals surface area contributed by atoms with E-state index in [0.29, 0.717) is 36.6 Å². The molecular weight excluding hydrogens is 442 g/mol. The molecule has 1 aliphatic heterocycles. The van der Waals surface area contributed by atoms with Crippen LogP contribution in [-0.2, 0) is 4.79 Å². The van der Waals surface area contributed by atoms with Gasteiger partial charge < -0.3 is 24.8 Å². The van der Waals surface area contributed by atoms with E-state index in [1.807, 2.05) is 29.2 Å². The molecule has 1 aliphatic carbocycles. The lowest BCUT2D eigenvalue weighted by atomic mass is 10.0. The van der Waals surface area contributed by atoms with E-state index in [9.17, 15) is 9.59 Å². The fraction of sp³-hybridized carbons (Fsp3) is 0.519. The van der Waals surface area contributed by atoms with Gasteiger partial charge in [0.2, 0.25) is 11.8 Å². The lowest BCUT2D eigenvalue weighted by molar-refractivity contribution is -0.127. The summed E-state index contributed by atoms with van der Waals surface area (Å²) in [7, 11) is 1.59. The molecular formula is C27H37N5O3. The number of rotatable bonds is 10. The maximum Gasteiger partial charge on any atom is 0.271 e. The SMILES string of the molecule is COc1cc(-c2c[nH]c(=O)c(N(CC3CC3)[C@@H]3CCCN(C(=O)C=CCNC(C)C)C3)c2)ccn1. The number of carbonyl (C=O) groups excluding carboxylic acids is 1. The number of H-pyrrole nitrogens is 1. The standard InChI is InChI=1S/C27H37N5O3/c1-19(2)28-11-4-7-26(33)31-13-5-6-23(18-31)32(17-20-8-9-20)24-14-22(16-30-27(24)34)21-10-12-29-25(15-21)35-3/h4,7,10,12,14-16,19-20,23,28H,5-6,8-9,11,13,17-18H2,1-3H3,(H,30,34)/t23-/m1/s1. The van der Waals surface area contributed by atoms with Gasteiger partial charge in [-0.25, -0.2) is 4.98 Å². The molecule has 8 heteroatoms. The van der Waals surface area contributed by atoms with Gasteiger partial charge in [-0.15, -0.1) is 0 Å². The van der Waals surface area contributed by atoms with E-state index >= 15 is 0 Å². The largest absolute Gasteiger partial charge is 0.481 e. The van der Waals surface area contributed by atoms with Crippen LogP contribution in [0.5, 0.6) is 5.88 Å². The van der Waals surface area contributed by atoms with E-state index in [-0.39, 0.29) is 17.5 Å². The molecule has 1 atom stereocenters. The van der Waals surface area contributed by atoms with Gasteiger partial charge >= 0.3 is 0 Å². The van der Waals surface area contributed by atoms with Gasteiger partial charge in [0.15, 0.2) is 0 Å². The number of piperidine rings is 1. The van der Waals surface area contributed by atoms with Crippen LogP contribution in [0.25, 0.3) is 11.1 Å². The predicted octanol–water partition coefficient (Wildman–Crippen LogP) is 3.21. The molecule has 0 spiro atoms. The number of pyridine rings is 2. The number of methoxy groups -OCH3 is 1. The minimum Gasteiger partial charge on any atom is -0.481 e. The highest BCUT2D eigenvalue weighted by Gasteiger charge is 2.33. The summed E-state index contributed by atoms with van der Waals surface area (Å²) >= 11 is 0. The Morgan fingerprint density at radius 1 is 1.31 bits per heavy atom. The van der Waals surface area contributed by atoms with Gasteiger partial charge in [-0.3, -0.25) is 9.59 Å². The number of hydrogen-bond acceptors (Lipinski definition) is 6. The fourth-order valence-corrected chi connectivity index (χ4v) is 4.55. The number of nitrogens with one attached hydrogen (secondary N) is 2. The lowest BCUT2D eigenvalue weighted by Gasteiger charge is -2.40. The highest BCUT2D eigenvalue weighted by Crippen LogP contribution is 2.34. The molecule has 2 fully saturated rings. The summed E-state index contributed by atoms with van der Waals surface area (Å²) in [6.07, 6.45) is 11.3. The Balaban J connectivity index is 1.55. The van der Waals surface area contributed by atoms with Gasteiger partial charge in [-0.05, 0) is 49.3 Å². The number of ether oxygens (including phenoxy) is 1. The molecule has 3 heterocycles. The van der Waals surface area contributed by atoms with E-state index in [1.165, 1.54) is 12.8 Å². The Hall–Kier alpha value is -3.13. The number of carbonyl (C=O) groups is 1. The third kappa shape index (κ3) is 6.72. The van der Waals surface area contributed by atoms with Gasteiger partial charge in [0.25, 0.3) is 5.56 Å². The van der Waals surface area contributed by atoms with Crippen LogP contribution in [0.3, 0.4) is 0 Å². The van der Waals surface area contributed by atoms with Crippen LogP contribution >= 0.6 is 0 Å². The van der Waals surface area contributed by atoms with Crippen molar-refractivity contribution in [1.29, 1.82) is 0 Å². The second kappa shape index (κ2) is 11.5. The summed E-state index contributed by atoms with van der Waals surface area (Å²) in [5.74, 6) is 1.17. The summed E-state index contributed by atoms with van der Waals surface area (Å²) in [6, 6.07) is 6.23. The van der Waals surface area contributed by atoms with Gasteiger partial charge in [0.1, 0.15) is 5.69 Å². The Morgan fingerprint density at radius 2 is 2.14 bits per heavy atom. The third-order valence-electron chi connectivity index (χ3n) is 6.68. The Labute approximate surface area is 207 Å². The predicted molar refractivity (Wildman–Crippen MR) is 139 cm³/mol. The first kappa shape index (κ1) is 25.0. The van der Waals surface area contributed by atoms with Crippen molar-refractivity contribution in [1.82, 2.24) is 20.2 Å². The van der Waals surface area contributed by atoms with Crippen LogP contribution in [0.4, 0.5) is 5.69 Å². The van der Waals surface area contributed by atoms with Crippen LogP contribution in [-0.4, -0.2) is 66.1 Å². The average Bonchev–Trinajstić information content (AvgIpc) is 3.70. The smallest absolute Gasteiger partial charge is 0.271 e. The first-order valence-corrected chi connectivity index (χ1v) is 12.6. The minimum atomic E-state index is -0.0986. The van der Waals surface area contributed by atoms with E-state index in [1.54, 1.807) is 25.6 Å². The van der Waals surface area contributed by atoms with Crippen molar-refractivity contribution in [3.8, 4) is 17.0 Å². The normalized spacial score (nSPS) is 18.3. The van der Waals surface area contributed by atoms with Crippen molar-refractivity contribution in [3.63, 3.8) is 0 Å². The Bertz CT molecular complexity index is 1090. The van der Waals surface area contributed by atoms with E-state index in [0.717, 1.165) is 37.1 Å². The first-order chi connectivity index (χ1) is 16.9. The Kier molecular flexibility index (Phi) is 8.23. The number of likely N-dealkylation sites (tertiary alicyclic amines) is 1. The lowest BCUT2D eigenvalue weighted by Crippen LogP contribution is -2.51. The molecule has 4 rings (SSSR count). The van der Waals surface area contributed by atoms with Gasteiger partial charge in [-0.2, -0.15) is 0 Å². The molecule has 2 aromatic heterocycles. The molecule has 1 saturated heterocycles. The maximum absolute atomic E-state index is 13.0. The second-order valence-corrected chi connectivity index (χ2v) is 9.83. The zero-order chi connectivity index (χ0) is 24.8. The number of nitrogens with zero attached hydrogens (tertiary/aromatic N) is 3. The number of aromatic amines is 1. The highest BCUT2D eigenvalue weighted by molar-refractivity contribution is 5.87. The number of anilines is 1. The summed E-state index contributed by atoms with van der Waals surface area (Å²) in [5.41, 5.74) is 2.41. The van der Waals surface area contributed by atoms with Crippen molar-refractivity contribution >= 4 is 11.6 Å². The summed E-state index contributed by atoms with van der Waals surface area (Å²) in [4.78, 5) is 37.2. The second-order valence-electron chi connectivity index (χ2n) is 9.83. The van der Waals surface area contributed by atoms with Gasteiger partial charge in [0, 0.05) is 68.4 Å². The van der Waals surface area contributed by atoms with E-state index < -0.39 is 0 Å². The Morgan fingerprint density at radius 3 is 2.89 bits per heavy atom. The highest BCUT2D eigenvalue weighted by atomic mass is 16.5. The summed E-state index contributed by atoms with van der Waals surface area (Å²) in [5, 5.41) is 3.30. The van der Waals surface area contributed by atoms with Crippen molar-refractivity contribution in [2.45, 2.75) is 51.6 Å². The summed E-state index contributed by atoms with van der Waals surface area (Å²) < 4.78 is 5.27. The van der Waals surface area contributed by atoms with Crippen LogP contribution in [0.2, 0.25) is 0 Å². The van der Waals surface area contributed by atoms with Crippen molar-refractivity contribution < 1.29 is 9.53 Å². The molecule has 188 valence electrons.